The predicted molar refractivity (Wildman–Crippen MR) is 118 cm³/mol. The standard InChI is InChI=1S/C21H21N5O4S/c1-12-16-20(22-11-25(2)21(16)28)31-18(12)19(27)24-15-8-9-23-26(15)10-13-6-5-7-14(29-3)17(13)30-4/h5-9,11H,10H2,1-4H3,(H,24,27). The number of carbonyl (C=O) groups is 1. The maximum Gasteiger partial charge on any atom is 0.267 e. The van der Waals surface area contributed by atoms with Crippen molar-refractivity contribution in [2.24, 2.45) is 7.05 Å². The van der Waals surface area contributed by atoms with Crippen molar-refractivity contribution in [3.63, 3.8) is 0 Å². The smallest absolute Gasteiger partial charge is 0.267 e. The summed E-state index contributed by atoms with van der Waals surface area (Å²) in [4.78, 5) is 30.7. The minimum atomic E-state index is -0.318. The molecule has 0 radical (unpaired) electrons. The number of thiophene rings is 1. The number of amides is 1. The summed E-state index contributed by atoms with van der Waals surface area (Å²) in [5, 5.41) is 7.68. The number of para-hydroxylation sites is 1. The highest BCUT2D eigenvalue weighted by molar-refractivity contribution is 7.20. The number of fused-ring (bicyclic) bond motifs is 1. The maximum atomic E-state index is 13.0. The zero-order valence-electron chi connectivity index (χ0n) is 17.5. The van der Waals surface area contributed by atoms with Gasteiger partial charge in [-0.05, 0) is 18.6 Å². The van der Waals surface area contributed by atoms with Crippen LogP contribution in [0.5, 0.6) is 11.5 Å². The third-order valence-electron chi connectivity index (χ3n) is 4.98. The Morgan fingerprint density at radius 2 is 2.03 bits per heavy atom. The van der Waals surface area contributed by atoms with Crippen LogP contribution in [-0.2, 0) is 13.6 Å². The predicted octanol–water partition coefficient (Wildman–Crippen LogP) is 2.82. The monoisotopic (exact) mass is 439 g/mol. The number of methoxy groups -OCH3 is 2. The van der Waals surface area contributed by atoms with Crippen molar-refractivity contribution in [3.05, 3.63) is 63.1 Å². The van der Waals surface area contributed by atoms with Crippen molar-refractivity contribution >= 4 is 33.3 Å². The molecule has 0 spiro atoms. The zero-order chi connectivity index (χ0) is 22.1. The van der Waals surface area contributed by atoms with Gasteiger partial charge in [0.25, 0.3) is 11.5 Å². The molecule has 160 valence electrons. The summed E-state index contributed by atoms with van der Waals surface area (Å²) in [6.45, 7) is 2.13. The van der Waals surface area contributed by atoms with Crippen LogP contribution in [0.2, 0.25) is 0 Å². The zero-order valence-corrected chi connectivity index (χ0v) is 18.3. The molecule has 1 aromatic carbocycles. The van der Waals surface area contributed by atoms with Gasteiger partial charge < -0.3 is 19.4 Å². The minimum absolute atomic E-state index is 0.173. The molecule has 0 unspecified atom stereocenters. The normalized spacial score (nSPS) is 11.0. The fourth-order valence-corrected chi connectivity index (χ4v) is 4.44. The van der Waals surface area contributed by atoms with Gasteiger partial charge >= 0.3 is 0 Å². The van der Waals surface area contributed by atoms with E-state index in [9.17, 15) is 9.59 Å². The minimum Gasteiger partial charge on any atom is -0.493 e. The van der Waals surface area contributed by atoms with Gasteiger partial charge in [-0.1, -0.05) is 12.1 Å². The number of aryl methyl sites for hydroxylation is 2. The molecule has 0 saturated heterocycles. The second-order valence-electron chi connectivity index (χ2n) is 6.88. The molecule has 0 bridgehead atoms. The lowest BCUT2D eigenvalue weighted by Gasteiger charge is -2.14. The van der Waals surface area contributed by atoms with Gasteiger partial charge in [0.15, 0.2) is 11.5 Å². The molecule has 10 heteroatoms. The number of hydrogen-bond donors (Lipinski definition) is 1. The van der Waals surface area contributed by atoms with E-state index >= 15 is 0 Å². The summed E-state index contributed by atoms with van der Waals surface area (Å²) in [5.74, 6) is 1.43. The Bertz CT molecular complexity index is 1340. The summed E-state index contributed by atoms with van der Waals surface area (Å²) in [6, 6.07) is 7.31. The molecule has 3 aromatic heterocycles. The average molecular weight is 439 g/mol. The molecule has 0 aliphatic heterocycles. The van der Waals surface area contributed by atoms with Crippen LogP contribution in [0.4, 0.5) is 5.82 Å². The van der Waals surface area contributed by atoms with E-state index in [1.807, 2.05) is 18.2 Å². The number of anilines is 1. The lowest BCUT2D eigenvalue weighted by atomic mass is 10.2. The average Bonchev–Trinajstić information content (AvgIpc) is 3.34. The Kier molecular flexibility index (Phi) is 5.47. The molecule has 3 heterocycles. The van der Waals surface area contributed by atoms with Crippen LogP contribution in [0.15, 0.2) is 41.6 Å². The maximum absolute atomic E-state index is 13.0. The van der Waals surface area contributed by atoms with Crippen LogP contribution >= 0.6 is 11.3 Å². The van der Waals surface area contributed by atoms with E-state index in [0.29, 0.717) is 44.5 Å². The second-order valence-corrected chi connectivity index (χ2v) is 7.88. The molecule has 0 fully saturated rings. The van der Waals surface area contributed by atoms with E-state index in [4.69, 9.17) is 9.47 Å². The summed E-state index contributed by atoms with van der Waals surface area (Å²) in [5.41, 5.74) is 1.30. The molecule has 4 rings (SSSR count). The number of nitrogens with zero attached hydrogens (tertiary/aromatic N) is 4. The fourth-order valence-electron chi connectivity index (χ4n) is 3.40. The van der Waals surface area contributed by atoms with E-state index in [-0.39, 0.29) is 11.5 Å². The topological polar surface area (TPSA) is 100 Å². The van der Waals surface area contributed by atoms with Gasteiger partial charge in [0.1, 0.15) is 10.6 Å². The highest BCUT2D eigenvalue weighted by Crippen LogP contribution is 2.32. The highest BCUT2D eigenvalue weighted by atomic mass is 32.1. The number of ether oxygens (including phenoxy) is 2. The van der Waals surface area contributed by atoms with Gasteiger partial charge in [0, 0.05) is 18.7 Å². The van der Waals surface area contributed by atoms with Crippen LogP contribution in [0.1, 0.15) is 20.8 Å². The molecular weight excluding hydrogens is 418 g/mol. The van der Waals surface area contributed by atoms with Gasteiger partial charge in [-0.3, -0.25) is 9.59 Å². The lowest BCUT2D eigenvalue weighted by molar-refractivity contribution is 0.102. The summed E-state index contributed by atoms with van der Waals surface area (Å²) < 4.78 is 13.9. The first-order chi connectivity index (χ1) is 14.9. The van der Waals surface area contributed by atoms with E-state index in [1.165, 1.54) is 22.2 Å². The quantitative estimate of drug-likeness (QED) is 0.496. The molecule has 1 amide bonds. The summed E-state index contributed by atoms with van der Waals surface area (Å²) in [6.07, 6.45) is 3.07. The Morgan fingerprint density at radius 3 is 2.77 bits per heavy atom. The number of hydrogen-bond acceptors (Lipinski definition) is 7. The van der Waals surface area contributed by atoms with E-state index in [1.54, 1.807) is 45.1 Å². The van der Waals surface area contributed by atoms with Gasteiger partial charge in [-0.25, -0.2) is 9.67 Å². The first-order valence-electron chi connectivity index (χ1n) is 9.42. The van der Waals surface area contributed by atoms with Crippen molar-refractivity contribution in [1.29, 1.82) is 0 Å². The van der Waals surface area contributed by atoms with Crippen LogP contribution < -0.4 is 20.3 Å². The molecule has 0 saturated carbocycles. The molecule has 9 nitrogen and oxygen atoms in total. The van der Waals surface area contributed by atoms with Gasteiger partial charge in [-0.15, -0.1) is 11.3 Å². The number of rotatable bonds is 6. The van der Waals surface area contributed by atoms with Crippen molar-refractivity contribution in [2.75, 3.05) is 19.5 Å². The molecule has 0 atom stereocenters. The Morgan fingerprint density at radius 1 is 1.23 bits per heavy atom. The van der Waals surface area contributed by atoms with Crippen LogP contribution in [0, 0.1) is 6.92 Å². The van der Waals surface area contributed by atoms with Crippen molar-refractivity contribution in [3.8, 4) is 11.5 Å². The summed E-state index contributed by atoms with van der Waals surface area (Å²) >= 11 is 1.19. The van der Waals surface area contributed by atoms with Crippen molar-refractivity contribution < 1.29 is 14.3 Å². The highest BCUT2D eigenvalue weighted by Gasteiger charge is 2.20. The van der Waals surface area contributed by atoms with E-state index in [2.05, 4.69) is 15.4 Å². The van der Waals surface area contributed by atoms with Crippen molar-refractivity contribution in [2.45, 2.75) is 13.5 Å². The first-order valence-corrected chi connectivity index (χ1v) is 10.2. The molecule has 31 heavy (non-hydrogen) atoms. The number of aromatic nitrogens is 4. The Balaban J connectivity index is 1.63. The molecular formula is C21H21N5O4S. The van der Waals surface area contributed by atoms with Crippen LogP contribution in [0.25, 0.3) is 10.2 Å². The third-order valence-corrected chi connectivity index (χ3v) is 6.18. The fraction of sp³-hybridized carbons (Fsp3) is 0.238. The first kappa shape index (κ1) is 20.6. The van der Waals surface area contributed by atoms with Crippen LogP contribution in [-0.4, -0.2) is 39.5 Å². The molecule has 4 aromatic rings. The van der Waals surface area contributed by atoms with Crippen molar-refractivity contribution in [1.82, 2.24) is 19.3 Å². The molecule has 0 aliphatic rings. The van der Waals surface area contributed by atoms with Crippen LogP contribution in [0.3, 0.4) is 0 Å². The number of carbonyl (C=O) groups excluding carboxylic acids is 1. The summed E-state index contributed by atoms with van der Waals surface area (Å²) in [7, 11) is 4.80. The number of benzene rings is 1. The van der Waals surface area contributed by atoms with Gasteiger partial charge in [0.2, 0.25) is 0 Å². The Labute approximate surface area is 181 Å². The Hall–Kier alpha value is -3.66. The molecule has 1 N–H and O–H groups in total. The SMILES string of the molecule is COc1cccc(Cn2nccc2NC(=O)c2sc3ncn(C)c(=O)c3c2C)c1OC. The molecule has 0 aliphatic carbocycles. The van der Waals surface area contributed by atoms with Gasteiger partial charge in [0.05, 0.1) is 43.6 Å². The third kappa shape index (κ3) is 3.66. The largest absolute Gasteiger partial charge is 0.493 e. The second kappa shape index (κ2) is 8.23. The number of nitrogens with one attached hydrogen (secondary N) is 1. The van der Waals surface area contributed by atoms with Gasteiger partial charge in [-0.2, -0.15) is 5.10 Å². The van der Waals surface area contributed by atoms with E-state index < -0.39 is 0 Å². The van der Waals surface area contributed by atoms with E-state index in [0.717, 1.165) is 5.56 Å². The lowest BCUT2D eigenvalue weighted by Crippen LogP contribution is -2.18.